The maximum atomic E-state index is 12.2. The molecule has 0 bridgehead atoms. The summed E-state index contributed by atoms with van der Waals surface area (Å²) in [4.78, 5) is 13.9. The van der Waals surface area contributed by atoms with Crippen molar-refractivity contribution in [3.63, 3.8) is 0 Å². The van der Waals surface area contributed by atoms with Gasteiger partial charge in [-0.1, -0.05) is 0 Å². The van der Waals surface area contributed by atoms with Crippen molar-refractivity contribution in [3.8, 4) is 0 Å². The van der Waals surface area contributed by atoms with Crippen molar-refractivity contribution in [3.05, 3.63) is 0 Å². The number of hydrogen-bond donors (Lipinski definition) is 2. The molecule has 3 N–H and O–H groups in total. The van der Waals surface area contributed by atoms with Crippen LogP contribution in [0.4, 0.5) is 4.79 Å². The van der Waals surface area contributed by atoms with Gasteiger partial charge in [0.15, 0.2) is 0 Å². The van der Waals surface area contributed by atoms with Gasteiger partial charge in [0.25, 0.3) is 0 Å². The van der Waals surface area contributed by atoms with Crippen LogP contribution in [-0.4, -0.2) is 109 Å². The monoisotopic (exact) mass is 549 g/mol. The van der Waals surface area contributed by atoms with E-state index >= 15 is 0 Å². The summed E-state index contributed by atoms with van der Waals surface area (Å²) in [5.74, 6) is 0. The number of carbonyl (C=O) groups excluding carboxylic acids is 1. The van der Waals surface area contributed by atoms with Gasteiger partial charge >= 0.3 is 6.09 Å². The Bertz CT molecular complexity index is 401. The summed E-state index contributed by atoms with van der Waals surface area (Å²) in [7, 11) is 0. The quantitative estimate of drug-likeness (QED) is 0.131. The summed E-state index contributed by atoms with van der Waals surface area (Å²) in [6, 6.07) is 0. The molecule has 0 aliphatic carbocycles. The summed E-state index contributed by atoms with van der Waals surface area (Å²) < 4.78 is 35.4. The van der Waals surface area contributed by atoms with E-state index < -0.39 is 5.60 Å². The Morgan fingerprint density at radius 3 is 1.63 bits per heavy atom. The van der Waals surface area contributed by atoms with Gasteiger partial charge in [0.1, 0.15) is 5.60 Å². The first-order valence-corrected chi connectivity index (χ1v) is 11.4. The zero-order valence-corrected chi connectivity index (χ0v) is 20.8. The Labute approximate surface area is 194 Å². The number of rotatable bonds is 20. The third-order valence-corrected chi connectivity index (χ3v) is 3.92. The first-order valence-electron chi connectivity index (χ1n) is 10.3. The van der Waals surface area contributed by atoms with Crippen LogP contribution in [0.2, 0.25) is 0 Å². The average molecular weight is 549 g/mol. The van der Waals surface area contributed by atoms with Crippen molar-refractivity contribution < 1.29 is 33.2 Å². The lowest BCUT2D eigenvalue weighted by molar-refractivity contribution is -0.0133. The van der Waals surface area contributed by atoms with Crippen LogP contribution in [0.25, 0.3) is 0 Å². The van der Waals surface area contributed by atoms with Gasteiger partial charge in [0.2, 0.25) is 0 Å². The lowest BCUT2D eigenvalue weighted by Gasteiger charge is -2.27. The number of nitrogens with two attached hydrogens (primary N) is 1. The lowest BCUT2D eigenvalue weighted by Crippen LogP contribution is -2.41. The van der Waals surface area contributed by atoms with Crippen LogP contribution in [0.15, 0.2) is 0 Å². The molecule has 0 unspecified atom stereocenters. The van der Waals surface area contributed by atoms with Crippen molar-refractivity contribution in [2.24, 2.45) is 5.73 Å². The van der Waals surface area contributed by atoms with Gasteiger partial charge in [0.05, 0.1) is 66.1 Å². The lowest BCUT2D eigenvalue weighted by atomic mass is 10.2. The van der Waals surface area contributed by atoms with Gasteiger partial charge < -0.3 is 39.1 Å². The molecule has 1 amide bonds. The number of ether oxygens (including phenoxy) is 6. The molecule has 0 fully saturated rings. The predicted octanol–water partition coefficient (Wildman–Crippen LogP) is 1.20. The van der Waals surface area contributed by atoms with Gasteiger partial charge in [-0.15, -0.1) is 0 Å². The normalized spacial score (nSPS) is 11.6. The van der Waals surface area contributed by atoms with Crippen molar-refractivity contribution in [1.82, 2.24) is 8.43 Å². The van der Waals surface area contributed by atoms with E-state index in [0.717, 1.165) is 0 Å². The summed E-state index contributed by atoms with van der Waals surface area (Å²) in [5.41, 5.74) is 4.79. The zero-order chi connectivity index (χ0) is 22.5. The molecule has 180 valence electrons. The van der Waals surface area contributed by atoms with Gasteiger partial charge in [-0.05, 0) is 20.8 Å². The predicted molar refractivity (Wildman–Crippen MR) is 123 cm³/mol. The molecule has 0 aromatic rings. The van der Waals surface area contributed by atoms with E-state index in [1.807, 2.05) is 20.8 Å². The fraction of sp³-hybridized carbons (Fsp3) is 0.947. The third kappa shape index (κ3) is 21.0. The minimum atomic E-state index is -0.519. The van der Waals surface area contributed by atoms with Gasteiger partial charge in [-0.3, -0.25) is 3.53 Å². The number of halogens is 1. The summed E-state index contributed by atoms with van der Waals surface area (Å²) in [5, 5.41) is 0. The molecule has 0 heterocycles. The Kier molecular flexibility index (Phi) is 20.4. The van der Waals surface area contributed by atoms with E-state index in [2.05, 4.69) is 26.4 Å². The molecule has 0 saturated carbocycles. The second-order valence-electron chi connectivity index (χ2n) is 7.20. The van der Waals surface area contributed by atoms with Crippen LogP contribution in [0.5, 0.6) is 0 Å². The molecule has 0 aliphatic rings. The van der Waals surface area contributed by atoms with Crippen molar-refractivity contribution in [1.29, 1.82) is 0 Å². The minimum absolute atomic E-state index is 0.335. The number of hydrogen-bond acceptors (Lipinski definition) is 9. The van der Waals surface area contributed by atoms with Crippen LogP contribution in [0, 0.1) is 0 Å². The van der Waals surface area contributed by atoms with Crippen LogP contribution in [-0.2, 0) is 28.4 Å². The molecule has 0 rings (SSSR count). The maximum absolute atomic E-state index is 12.2. The third-order valence-electron chi connectivity index (χ3n) is 3.38. The molecule has 11 heteroatoms. The maximum Gasteiger partial charge on any atom is 0.410 e. The van der Waals surface area contributed by atoms with E-state index in [0.29, 0.717) is 92.2 Å². The van der Waals surface area contributed by atoms with E-state index in [1.165, 1.54) is 0 Å². The molecular formula is C19H40IN3O7. The summed E-state index contributed by atoms with van der Waals surface area (Å²) >= 11 is 2.05. The molecule has 0 aliphatic heterocycles. The molecule has 0 radical (unpaired) electrons. The van der Waals surface area contributed by atoms with Crippen molar-refractivity contribution in [2.75, 3.05) is 92.2 Å². The Balaban J connectivity index is 3.55. The summed E-state index contributed by atoms with van der Waals surface area (Å²) in [6.07, 6.45) is -0.335. The molecule has 0 saturated heterocycles. The molecule has 0 aromatic heterocycles. The molecule has 10 nitrogen and oxygen atoms in total. The average Bonchev–Trinajstić information content (AvgIpc) is 2.68. The molecular weight excluding hydrogens is 509 g/mol. The molecule has 0 spiro atoms. The largest absolute Gasteiger partial charge is 0.444 e. The molecule has 0 atom stereocenters. The second-order valence-corrected chi connectivity index (χ2v) is 7.96. The highest BCUT2D eigenvalue weighted by molar-refractivity contribution is 14.1. The van der Waals surface area contributed by atoms with Crippen molar-refractivity contribution >= 4 is 29.0 Å². The van der Waals surface area contributed by atoms with Crippen LogP contribution < -0.4 is 9.26 Å². The van der Waals surface area contributed by atoms with Gasteiger partial charge in [-0.25, -0.2) is 4.79 Å². The van der Waals surface area contributed by atoms with Crippen molar-refractivity contribution in [2.45, 2.75) is 26.4 Å². The molecule has 0 aromatic carbocycles. The van der Waals surface area contributed by atoms with E-state index in [-0.39, 0.29) is 6.09 Å². The zero-order valence-electron chi connectivity index (χ0n) is 18.7. The van der Waals surface area contributed by atoms with E-state index in [1.54, 1.807) is 4.90 Å². The second kappa shape index (κ2) is 20.6. The van der Waals surface area contributed by atoms with Crippen LogP contribution in [0.1, 0.15) is 20.8 Å². The highest BCUT2D eigenvalue weighted by Gasteiger charge is 2.21. The fourth-order valence-electron chi connectivity index (χ4n) is 2.04. The Morgan fingerprint density at radius 2 is 1.23 bits per heavy atom. The van der Waals surface area contributed by atoms with E-state index in [4.69, 9.17) is 34.2 Å². The number of nitrogens with zero attached hydrogens (tertiary/aromatic N) is 1. The van der Waals surface area contributed by atoms with Crippen LogP contribution in [0.3, 0.4) is 0 Å². The standard InChI is InChI=1S/C19H40IN3O7/c1-19(2,3)30-18(24)23(6-5-22-20)7-9-26-11-13-28-15-17-29-16-14-27-12-10-25-8-4-21/h22H,4-17,21H2,1-3H3. The first kappa shape index (κ1) is 29.7. The SMILES string of the molecule is CC(C)(C)OC(=O)N(CCNI)CCOCCOCCOCCOCCOCCN. The Hall–Kier alpha value is -0.280. The first-order chi connectivity index (χ1) is 14.4. The minimum Gasteiger partial charge on any atom is -0.444 e. The summed E-state index contributed by atoms with van der Waals surface area (Å²) in [6.45, 7) is 12.8. The smallest absolute Gasteiger partial charge is 0.410 e. The fourth-order valence-corrected chi connectivity index (χ4v) is 2.28. The molecule has 30 heavy (non-hydrogen) atoms. The van der Waals surface area contributed by atoms with Crippen LogP contribution >= 0.6 is 22.9 Å². The Morgan fingerprint density at radius 1 is 0.800 bits per heavy atom. The highest BCUT2D eigenvalue weighted by Crippen LogP contribution is 2.09. The number of nitrogens with one attached hydrogen (secondary N) is 1. The number of carbonyl (C=O) groups is 1. The topological polar surface area (TPSA) is 114 Å². The highest BCUT2D eigenvalue weighted by atomic mass is 127. The van der Waals surface area contributed by atoms with Gasteiger partial charge in [-0.2, -0.15) is 0 Å². The van der Waals surface area contributed by atoms with Gasteiger partial charge in [0, 0.05) is 49.0 Å². The van der Waals surface area contributed by atoms with E-state index in [9.17, 15) is 4.79 Å². The number of amides is 1.